The number of carbonyl (C=O) groups excluding carboxylic acids is 1. The Hall–Kier alpha value is -2.39. The Morgan fingerprint density at radius 3 is 2.54 bits per heavy atom. The van der Waals surface area contributed by atoms with E-state index in [9.17, 15) is 4.79 Å². The van der Waals surface area contributed by atoms with Gasteiger partial charge in [0.05, 0.1) is 0 Å². The molecule has 0 radical (unpaired) electrons. The zero-order valence-corrected chi connectivity index (χ0v) is 13.9. The lowest BCUT2D eigenvalue weighted by atomic mass is 9.88. The van der Waals surface area contributed by atoms with Crippen LogP contribution >= 0.6 is 0 Å². The normalized spacial score (nSPS) is 15.8. The maximum Gasteiger partial charge on any atom is 0.246 e. The summed E-state index contributed by atoms with van der Waals surface area (Å²) in [6.07, 6.45) is 5.60. The molecule has 1 amide bonds. The Morgan fingerprint density at radius 1 is 1.08 bits per heavy atom. The minimum absolute atomic E-state index is 0.105. The predicted molar refractivity (Wildman–Crippen MR) is 98.4 cm³/mol. The molecule has 0 bridgehead atoms. The Balaban J connectivity index is 1.56. The summed E-state index contributed by atoms with van der Waals surface area (Å²) >= 11 is 0. The molecule has 24 heavy (non-hydrogen) atoms. The molecule has 1 aliphatic rings. The fourth-order valence-electron chi connectivity index (χ4n) is 3.24. The first-order valence-electron chi connectivity index (χ1n) is 8.57. The monoisotopic (exact) mass is 320 g/mol. The number of nitrogens with two attached hydrogens (primary N) is 1. The highest BCUT2D eigenvalue weighted by atomic mass is 16.2. The number of rotatable bonds is 4. The van der Waals surface area contributed by atoms with Gasteiger partial charge in [-0.05, 0) is 41.5 Å². The fraction of sp³-hybridized carbons (Fsp3) is 0.286. The van der Waals surface area contributed by atoms with Crippen LogP contribution in [0.15, 0.2) is 60.7 Å². The molecule has 0 spiro atoms. The minimum atomic E-state index is 0.105. The number of benzene rings is 2. The molecule has 124 valence electrons. The third kappa shape index (κ3) is 4.12. The van der Waals surface area contributed by atoms with E-state index >= 15 is 0 Å². The van der Waals surface area contributed by atoms with Gasteiger partial charge in [0.1, 0.15) is 0 Å². The first-order chi connectivity index (χ1) is 11.8. The van der Waals surface area contributed by atoms with Crippen molar-refractivity contribution in [2.45, 2.75) is 25.3 Å². The van der Waals surface area contributed by atoms with E-state index < -0.39 is 0 Å². The zero-order chi connectivity index (χ0) is 16.8. The van der Waals surface area contributed by atoms with E-state index in [1.54, 1.807) is 6.08 Å². The van der Waals surface area contributed by atoms with Crippen LogP contribution in [0.3, 0.4) is 0 Å². The summed E-state index contributed by atoms with van der Waals surface area (Å²) in [5.41, 5.74) is 9.32. The molecule has 0 aromatic heterocycles. The maximum absolute atomic E-state index is 12.3. The first kappa shape index (κ1) is 16.5. The number of hydrogen-bond donors (Lipinski definition) is 1. The quantitative estimate of drug-likeness (QED) is 0.876. The van der Waals surface area contributed by atoms with Gasteiger partial charge in [-0.1, -0.05) is 54.6 Å². The molecule has 1 fully saturated rings. The van der Waals surface area contributed by atoms with E-state index in [2.05, 4.69) is 24.3 Å². The van der Waals surface area contributed by atoms with Crippen molar-refractivity contribution in [2.24, 2.45) is 5.73 Å². The Bertz CT molecular complexity index is 701. The third-order valence-electron chi connectivity index (χ3n) is 4.68. The van der Waals surface area contributed by atoms with Gasteiger partial charge in [-0.3, -0.25) is 4.79 Å². The Labute approximate surface area is 143 Å². The fourth-order valence-corrected chi connectivity index (χ4v) is 3.24. The Kier molecular flexibility index (Phi) is 5.44. The molecule has 0 atom stereocenters. The number of nitrogens with zero attached hydrogens (tertiary/aromatic N) is 1. The molecular formula is C21H24N2O. The lowest BCUT2D eigenvalue weighted by molar-refractivity contribution is -0.126. The first-order valence-corrected chi connectivity index (χ1v) is 8.57. The summed E-state index contributed by atoms with van der Waals surface area (Å²) in [6.45, 7) is 2.21. The van der Waals surface area contributed by atoms with Crippen molar-refractivity contribution in [3.05, 3.63) is 77.4 Å². The number of hydrogen-bond acceptors (Lipinski definition) is 2. The summed E-state index contributed by atoms with van der Waals surface area (Å²) in [5.74, 6) is 0.631. The standard InChI is InChI=1S/C21H24N2O/c22-16-18-7-4-8-20(15-18)19-11-13-23(14-12-19)21(24)10-9-17-5-2-1-3-6-17/h1-10,15,19H,11-14,16,22H2. The molecule has 0 aliphatic carbocycles. The van der Waals surface area contributed by atoms with Gasteiger partial charge in [-0.2, -0.15) is 0 Å². The molecule has 1 heterocycles. The van der Waals surface area contributed by atoms with Gasteiger partial charge in [0.15, 0.2) is 0 Å². The van der Waals surface area contributed by atoms with Gasteiger partial charge >= 0.3 is 0 Å². The van der Waals surface area contributed by atoms with Crippen molar-refractivity contribution in [3.8, 4) is 0 Å². The molecule has 3 heteroatoms. The molecule has 2 aromatic rings. The van der Waals surface area contributed by atoms with Crippen LogP contribution in [0.2, 0.25) is 0 Å². The number of piperidine rings is 1. The van der Waals surface area contributed by atoms with E-state index in [1.165, 1.54) is 11.1 Å². The Morgan fingerprint density at radius 2 is 1.83 bits per heavy atom. The summed E-state index contributed by atoms with van der Waals surface area (Å²) in [6, 6.07) is 18.5. The van der Waals surface area contributed by atoms with Crippen LogP contribution in [0.1, 0.15) is 35.4 Å². The minimum Gasteiger partial charge on any atom is -0.339 e. The average molecular weight is 320 g/mol. The van der Waals surface area contributed by atoms with Crippen molar-refractivity contribution in [1.82, 2.24) is 4.90 Å². The van der Waals surface area contributed by atoms with Crippen LogP contribution in [-0.2, 0) is 11.3 Å². The molecule has 3 rings (SSSR count). The number of likely N-dealkylation sites (tertiary alicyclic amines) is 1. The lowest BCUT2D eigenvalue weighted by Crippen LogP contribution is -2.36. The molecule has 1 saturated heterocycles. The van der Waals surface area contributed by atoms with Crippen LogP contribution in [0.25, 0.3) is 6.08 Å². The van der Waals surface area contributed by atoms with Gasteiger partial charge in [0, 0.05) is 25.7 Å². The molecule has 2 N–H and O–H groups in total. The third-order valence-corrected chi connectivity index (χ3v) is 4.68. The SMILES string of the molecule is NCc1cccc(C2CCN(C(=O)C=Cc3ccccc3)CC2)c1. The topological polar surface area (TPSA) is 46.3 Å². The second kappa shape index (κ2) is 7.93. The van der Waals surface area contributed by atoms with Gasteiger partial charge in [0.25, 0.3) is 0 Å². The van der Waals surface area contributed by atoms with Gasteiger partial charge in [-0.25, -0.2) is 0 Å². The molecule has 2 aromatic carbocycles. The number of carbonyl (C=O) groups is 1. The number of amides is 1. The summed E-state index contributed by atoms with van der Waals surface area (Å²) in [7, 11) is 0. The molecule has 1 aliphatic heterocycles. The highest BCUT2D eigenvalue weighted by Crippen LogP contribution is 2.28. The van der Waals surface area contributed by atoms with Crippen LogP contribution in [0.5, 0.6) is 0 Å². The van der Waals surface area contributed by atoms with E-state index in [1.807, 2.05) is 41.3 Å². The molecular weight excluding hydrogens is 296 g/mol. The molecule has 0 unspecified atom stereocenters. The van der Waals surface area contributed by atoms with E-state index in [0.717, 1.165) is 31.5 Å². The lowest BCUT2D eigenvalue weighted by Gasteiger charge is -2.31. The maximum atomic E-state index is 12.3. The highest BCUT2D eigenvalue weighted by Gasteiger charge is 2.22. The summed E-state index contributed by atoms with van der Waals surface area (Å²) in [4.78, 5) is 14.3. The zero-order valence-electron chi connectivity index (χ0n) is 13.9. The van der Waals surface area contributed by atoms with Crippen LogP contribution < -0.4 is 5.73 Å². The van der Waals surface area contributed by atoms with Crippen LogP contribution in [0.4, 0.5) is 0 Å². The summed E-state index contributed by atoms with van der Waals surface area (Å²) in [5, 5.41) is 0. The second-order valence-electron chi connectivity index (χ2n) is 6.29. The van der Waals surface area contributed by atoms with Crippen molar-refractivity contribution in [3.63, 3.8) is 0 Å². The van der Waals surface area contributed by atoms with Crippen LogP contribution in [-0.4, -0.2) is 23.9 Å². The molecule has 0 saturated carbocycles. The van der Waals surface area contributed by atoms with Gasteiger partial charge in [-0.15, -0.1) is 0 Å². The predicted octanol–water partition coefficient (Wildman–Crippen LogP) is 3.56. The smallest absolute Gasteiger partial charge is 0.246 e. The highest BCUT2D eigenvalue weighted by molar-refractivity contribution is 5.91. The largest absolute Gasteiger partial charge is 0.339 e. The van der Waals surface area contributed by atoms with Crippen molar-refractivity contribution < 1.29 is 4.79 Å². The van der Waals surface area contributed by atoms with Gasteiger partial charge < -0.3 is 10.6 Å². The van der Waals surface area contributed by atoms with Crippen molar-refractivity contribution in [2.75, 3.05) is 13.1 Å². The van der Waals surface area contributed by atoms with E-state index in [4.69, 9.17) is 5.73 Å². The second-order valence-corrected chi connectivity index (χ2v) is 6.29. The summed E-state index contributed by atoms with van der Waals surface area (Å²) < 4.78 is 0. The average Bonchev–Trinajstić information content (AvgIpc) is 2.67. The van der Waals surface area contributed by atoms with Crippen molar-refractivity contribution in [1.29, 1.82) is 0 Å². The van der Waals surface area contributed by atoms with Crippen molar-refractivity contribution >= 4 is 12.0 Å². The molecule has 3 nitrogen and oxygen atoms in total. The van der Waals surface area contributed by atoms with E-state index in [0.29, 0.717) is 12.5 Å². The van der Waals surface area contributed by atoms with Crippen LogP contribution in [0, 0.1) is 0 Å². The van der Waals surface area contributed by atoms with Gasteiger partial charge in [0.2, 0.25) is 5.91 Å². The van der Waals surface area contributed by atoms with E-state index in [-0.39, 0.29) is 5.91 Å².